The number of anilines is 1. The van der Waals surface area contributed by atoms with Crippen molar-refractivity contribution in [3.63, 3.8) is 0 Å². The first kappa shape index (κ1) is 15.0. The standard InChI is InChI=1S/C13H19N3O3/c1-8(2)19-7-12(17)15-11-6-10(13(14)16-18)5-4-9(11)3/h4-6,8,18H,7H2,1-3H3,(H2,14,16)(H,15,17). The lowest BCUT2D eigenvalue weighted by Crippen LogP contribution is -2.21. The van der Waals surface area contributed by atoms with Gasteiger partial charge in [-0.2, -0.15) is 0 Å². The molecule has 1 aromatic carbocycles. The van der Waals surface area contributed by atoms with Crippen molar-refractivity contribution in [3.8, 4) is 0 Å². The van der Waals surface area contributed by atoms with Gasteiger partial charge in [0.2, 0.25) is 5.91 Å². The Morgan fingerprint density at radius 3 is 2.79 bits per heavy atom. The van der Waals surface area contributed by atoms with Crippen LogP contribution in [0.5, 0.6) is 0 Å². The van der Waals surface area contributed by atoms with Crippen LogP contribution in [0.4, 0.5) is 5.69 Å². The normalized spacial score (nSPS) is 11.7. The van der Waals surface area contributed by atoms with E-state index in [2.05, 4.69) is 10.5 Å². The van der Waals surface area contributed by atoms with Crippen LogP contribution in [0, 0.1) is 6.92 Å². The number of nitrogens with zero attached hydrogens (tertiary/aromatic N) is 1. The minimum Gasteiger partial charge on any atom is -0.409 e. The average Bonchev–Trinajstić information content (AvgIpc) is 2.38. The van der Waals surface area contributed by atoms with Crippen molar-refractivity contribution in [2.75, 3.05) is 11.9 Å². The van der Waals surface area contributed by atoms with Crippen LogP contribution in [-0.2, 0) is 9.53 Å². The molecule has 19 heavy (non-hydrogen) atoms. The van der Waals surface area contributed by atoms with E-state index in [1.165, 1.54) is 0 Å². The average molecular weight is 265 g/mol. The fourth-order valence-electron chi connectivity index (χ4n) is 1.40. The largest absolute Gasteiger partial charge is 0.409 e. The molecule has 6 heteroatoms. The van der Waals surface area contributed by atoms with E-state index in [0.29, 0.717) is 11.3 Å². The highest BCUT2D eigenvalue weighted by Gasteiger charge is 2.08. The van der Waals surface area contributed by atoms with Gasteiger partial charge in [0.1, 0.15) is 6.61 Å². The van der Waals surface area contributed by atoms with Gasteiger partial charge in [0.05, 0.1) is 6.10 Å². The van der Waals surface area contributed by atoms with Gasteiger partial charge in [-0.15, -0.1) is 0 Å². The monoisotopic (exact) mass is 265 g/mol. The summed E-state index contributed by atoms with van der Waals surface area (Å²) in [6.07, 6.45) is -0.00431. The quantitative estimate of drug-likeness (QED) is 0.325. The molecular formula is C13H19N3O3. The molecule has 0 saturated heterocycles. The van der Waals surface area contributed by atoms with Crippen LogP contribution in [-0.4, -0.2) is 29.7 Å². The number of aryl methyl sites for hydroxylation is 1. The molecule has 0 radical (unpaired) electrons. The van der Waals surface area contributed by atoms with Gasteiger partial charge in [-0.05, 0) is 32.4 Å². The number of hydrogen-bond donors (Lipinski definition) is 3. The Kier molecular flexibility index (Phi) is 5.32. The molecule has 1 rings (SSSR count). The SMILES string of the molecule is Cc1ccc(/C(N)=N/O)cc1NC(=O)COC(C)C. The number of hydrogen-bond acceptors (Lipinski definition) is 4. The fourth-order valence-corrected chi connectivity index (χ4v) is 1.40. The molecule has 104 valence electrons. The molecule has 0 unspecified atom stereocenters. The maximum Gasteiger partial charge on any atom is 0.250 e. The number of benzene rings is 1. The zero-order valence-electron chi connectivity index (χ0n) is 11.3. The summed E-state index contributed by atoms with van der Waals surface area (Å²) < 4.78 is 5.21. The topological polar surface area (TPSA) is 96.9 Å². The molecule has 6 nitrogen and oxygen atoms in total. The first-order chi connectivity index (χ1) is 8.93. The predicted molar refractivity (Wildman–Crippen MR) is 73.4 cm³/mol. The zero-order chi connectivity index (χ0) is 14.4. The molecule has 0 aliphatic carbocycles. The Labute approximate surface area is 112 Å². The summed E-state index contributed by atoms with van der Waals surface area (Å²) in [5.41, 5.74) is 7.53. The Hall–Kier alpha value is -2.08. The van der Waals surface area contributed by atoms with Gasteiger partial charge in [-0.3, -0.25) is 4.79 Å². The molecule has 0 aromatic heterocycles. The highest BCUT2D eigenvalue weighted by molar-refractivity contribution is 5.99. The Bertz CT molecular complexity index is 484. The molecule has 0 fully saturated rings. The van der Waals surface area contributed by atoms with Crippen molar-refractivity contribution in [3.05, 3.63) is 29.3 Å². The number of amidine groups is 1. The number of nitrogens with two attached hydrogens (primary N) is 1. The van der Waals surface area contributed by atoms with E-state index in [0.717, 1.165) is 5.56 Å². The predicted octanol–water partition coefficient (Wildman–Crippen LogP) is 1.45. The zero-order valence-corrected chi connectivity index (χ0v) is 11.3. The molecule has 0 bridgehead atoms. The van der Waals surface area contributed by atoms with Gasteiger partial charge < -0.3 is 21.0 Å². The van der Waals surface area contributed by atoms with Crippen molar-refractivity contribution >= 4 is 17.4 Å². The van der Waals surface area contributed by atoms with E-state index in [-0.39, 0.29) is 24.5 Å². The maximum atomic E-state index is 11.7. The number of amides is 1. The number of rotatable bonds is 5. The number of oxime groups is 1. The number of carbonyl (C=O) groups excluding carboxylic acids is 1. The number of carbonyl (C=O) groups is 1. The fraction of sp³-hybridized carbons (Fsp3) is 0.385. The van der Waals surface area contributed by atoms with Gasteiger partial charge in [0, 0.05) is 11.3 Å². The van der Waals surface area contributed by atoms with E-state index in [1.807, 2.05) is 20.8 Å². The van der Waals surface area contributed by atoms with E-state index in [4.69, 9.17) is 15.7 Å². The summed E-state index contributed by atoms with van der Waals surface area (Å²) in [7, 11) is 0. The summed E-state index contributed by atoms with van der Waals surface area (Å²) in [6, 6.07) is 5.15. The van der Waals surface area contributed by atoms with Gasteiger partial charge in [-0.25, -0.2) is 0 Å². The lowest BCUT2D eigenvalue weighted by Gasteiger charge is -2.11. The van der Waals surface area contributed by atoms with Crippen LogP contribution in [0.15, 0.2) is 23.4 Å². The minimum atomic E-state index is -0.242. The van der Waals surface area contributed by atoms with E-state index in [1.54, 1.807) is 18.2 Å². The summed E-state index contributed by atoms with van der Waals surface area (Å²) in [5, 5.41) is 14.3. The molecule has 0 saturated carbocycles. The molecule has 0 spiro atoms. The summed E-state index contributed by atoms with van der Waals surface area (Å²) in [6.45, 7) is 5.56. The third-order valence-corrected chi connectivity index (χ3v) is 2.46. The van der Waals surface area contributed by atoms with Crippen molar-refractivity contribution in [1.29, 1.82) is 0 Å². The Morgan fingerprint density at radius 1 is 1.53 bits per heavy atom. The molecule has 1 amide bonds. The van der Waals surface area contributed by atoms with Crippen molar-refractivity contribution in [2.45, 2.75) is 26.9 Å². The third-order valence-electron chi connectivity index (χ3n) is 2.46. The Morgan fingerprint density at radius 2 is 2.21 bits per heavy atom. The summed E-state index contributed by atoms with van der Waals surface area (Å²) in [4.78, 5) is 11.7. The first-order valence-electron chi connectivity index (χ1n) is 5.94. The van der Waals surface area contributed by atoms with Gasteiger partial charge in [0.15, 0.2) is 5.84 Å². The molecule has 0 heterocycles. The van der Waals surface area contributed by atoms with Crippen molar-refractivity contribution < 1.29 is 14.7 Å². The molecule has 4 N–H and O–H groups in total. The smallest absolute Gasteiger partial charge is 0.250 e. The van der Waals surface area contributed by atoms with Gasteiger partial charge in [-0.1, -0.05) is 17.3 Å². The maximum absolute atomic E-state index is 11.7. The third kappa shape index (κ3) is 4.59. The van der Waals surface area contributed by atoms with E-state index in [9.17, 15) is 4.79 Å². The highest BCUT2D eigenvalue weighted by atomic mass is 16.5. The second kappa shape index (κ2) is 6.75. The van der Waals surface area contributed by atoms with Gasteiger partial charge >= 0.3 is 0 Å². The second-order valence-electron chi connectivity index (χ2n) is 4.42. The van der Waals surface area contributed by atoms with Crippen LogP contribution >= 0.6 is 0 Å². The minimum absolute atomic E-state index is 0.00431. The van der Waals surface area contributed by atoms with Gasteiger partial charge in [0.25, 0.3) is 0 Å². The van der Waals surface area contributed by atoms with Crippen LogP contribution in [0.25, 0.3) is 0 Å². The Balaban J connectivity index is 2.80. The lowest BCUT2D eigenvalue weighted by molar-refractivity contribution is -0.121. The summed E-state index contributed by atoms with van der Waals surface area (Å²) >= 11 is 0. The number of nitrogens with one attached hydrogen (secondary N) is 1. The van der Waals surface area contributed by atoms with E-state index < -0.39 is 0 Å². The highest BCUT2D eigenvalue weighted by Crippen LogP contribution is 2.16. The molecular weight excluding hydrogens is 246 g/mol. The van der Waals surface area contributed by atoms with Crippen molar-refractivity contribution in [1.82, 2.24) is 0 Å². The second-order valence-corrected chi connectivity index (χ2v) is 4.42. The number of ether oxygens (including phenoxy) is 1. The molecule has 0 aliphatic rings. The molecule has 1 aromatic rings. The van der Waals surface area contributed by atoms with Crippen LogP contribution in [0.1, 0.15) is 25.0 Å². The van der Waals surface area contributed by atoms with Crippen molar-refractivity contribution in [2.24, 2.45) is 10.9 Å². The molecule has 0 atom stereocenters. The van der Waals surface area contributed by atoms with Crippen LogP contribution in [0.2, 0.25) is 0 Å². The first-order valence-corrected chi connectivity index (χ1v) is 5.94. The molecule has 0 aliphatic heterocycles. The van der Waals surface area contributed by atoms with Crippen LogP contribution in [0.3, 0.4) is 0 Å². The van der Waals surface area contributed by atoms with Crippen LogP contribution < -0.4 is 11.1 Å². The van der Waals surface area contributed by atoms with E-state index >= 15 is 0 Å². The lowest BCUT2D eigenvalue weighted by atomic mass is 10.1. The summed E-state index contributed by atoms with van der Waals surface area (Å²) in [5.74, 6) is -0.248.